The first-order valence-electron chi connectivity index (χ1n) is 6.04. The highest BCUT2D eigenvalue weighted by Gasteiger charge is 2.10. The number of hydrogen-bond donors (Lipinski definition) is 1. The molecule has 0 amide bonds. The summed E-state index contributed by atoms with van der Waals surface area (Å²) in [5.74, 6) is 0.482. The van der Waals surface area contributed by atoms with E-state index in [2.05, 4.69) is 15.3 Å². The number of anilines is 1. The molecule has 3 aromatic rings. The number of nitrogens with zero attached hydrogens (tertiary/aromatic N) is 3. The Kier molecular flexibility index (Phi) is 3.16. The Morgan fingerprint density at radius 2 is 2.32 bits per heavy atom. The highest BCUT2D eigenvalue weighted by Crippen LogP contribution is 2.21. The zero-order valence-electron chi connectivity index (χ0n) is 10.4. The molecule has 1 aromatic carbocycles. The fraction of sp³-hybridized carbons (Fsp3) is 0.231. The number of imidazole rings is 1. The summed E-state index contributed by atoms with van der Waals surface area (Å²) in [6.07, 6.45) is 0. The van der Waals surface area contributed by atoms with Crippen molar-refractivity contribution in [3.05, 3.63) is 40.6 Å². The third-order valence-electron chi connectivity index (χ3n) is 2.94. The molecule has 0 saturated carbocycles. The molecule has 0 atom stereocenters. The van der Waals surface area contributed by atoms with Crippen LogP contribution in [0.1, 0.15) is 12.6 Å². The van der Waals surface area contributed by atoms with Crippen LogP contribution in [0.15, 0.2) is 29.1 Å². The third-order valence-corrected chi connectivity index (χ3v) is 3.57. The van der Waals surface area contributed by atoms with Crippen LogP contribution in [0.25, 0.3) is 11.0 Å². The first kappa shape index (κ1) is 12.1. The van der Waals surface area contributed by atoms with Crippen LogP contribution < -0.4 is 5.32 Å². The van der Waals surface area contributed by atoms with Gasteiger partial charge in [-0.1, -0.05) is 0 Å². The van der Waals surface area contributed by atoms with Gasteiger partial charge in [-0.15, -0.1) is 11.3 Å². The average molecular weight is 276 g/mol. The maximum atomic E-state index is 13.2. The SMILES string of the molecule is CCn1c(NCc2cscn2)nc2cc(F)ccc21. The van der Waals surface area contributed by atoms with E-state index in [0.717, 1.165) is 23.7 Å². The average Bonchev–Trinajstić information content (AvgIpc) is 3.02. The van der Waals surface area contributed by atoms with Crippen LogP contribution >= 0.6 is 11.3 Å². The monoisotopic (exact) mass is 276 g/mol. The van der Waals surface area contributed by atoms with Crippen molar-refractivity contribution in [3.8, 4) is 0 Å². The minimum absolute atomic E-state index is 0.265. The van der Waals surface area contributed by atoms with E-state index in [1.165, 1.54) is 12.1 Å². The van der Waals surface area contributed by atoms with Gasteiger partial charge in [0, 0.05) is 18.0 Å². The molecule has 2 aromatic heterocycles. The van der Waals surface area contributed by atoms with Gasteiger partial charge in [0.05, 0.1) is 28.8 Å². The minimum atomic E-state index is -0.265. The summed E-state index contributed by atoms with van der Waals surface area (Å²) < 4.78 is 15.2. The third kappa shape index (κ3) is 2.31. The van der Waals surface area contributed by atoms with Gasteiger partial charge in [-0.3, -0.25) is 0 Å². The largest absolute Gasteiger partial charge is 0.350 e. The standard InChI is InChI=1S/C13H13FN4S/c1-2-18-12-4-3-9(14)5-11(12)17-13(18)15-6-10-7-19-8-16-10/h3-5,7-8H,2,6H2,1H3,(H,15,17). The Bertz CT molecular complexity index is 690. The van der Waals surface area contributed by atoms with E-state index in [-0.39, 0.29) is 5.82 Å². The van der Waals surface area contributed by atoms with Crippen molar-refractivity contribution < 1.29 is 4.39 Å². The van der Waals surface area contributed by atoms with Gasteiger partial charge in [0.15, 0.2) is 0 Å². The molecule has 0 unspecified atom stereocenters. The van der Waals surface area contributed by atoms with E-state index in [0.29, 0.717) is 12.1 Å². The zero-order valence-corrected chi connectivity index (χ0v) is 11.2. The summed E-state index contributed by atoms with van der Waals surface area (Å²) in [6.45, 7) is 3.44. The van der Waals surface area contributed by atoms with Gasteiger partial charge in [-0.05, 0) is 19.1 Å². The number of aryl methyl sites for hydroxylation is 1. The number of thiazole rings is 1. The Labute approximate surface area is 113 Å². The molecule has 0 bridgehead atoms. The van der Waals surface area contributed by atoms with E-state index in [1.807, 2.05) is 16.9 Å². The quantitative estimate of drug-likeness (QED) is 0.795. The number of hydrogen-bond acceptors (Lipinski definition) is 4. The lowest BCUT2D eigenvalue weighted by Crippen LogP contribution is -2.06. The lowest BCUT2D eigenvalue weighted by Gasteiger charge is -2.07. The summed E-state index contributed by atoms with van der Waals surface area (Å²) in [6, 6.07) is 4.67. The van der Waals surface area contributed by atoms with Gasteiger partial charge in [-0.2, -0.15) is 0 Å². The van der Waals surface area contributed by atoms with Crippen LogP contribution in [0.5, 0.6) is 0 Å². The van der Waals surface area contributed by atoms with Crippen LogP contribution in [0.4, 0.5) is 10.3 Å². The van der Waals surface area contributed by atoms with Crippen molar-refractivity contribution in [2.24, 2.45) is 0 Å². The van der Waals surface area contributed by atoms with Gasteiger partial charge in [0.25, 0.3) is 0 Å². The van der Waals surface area contributed by atoms with Crippen molar-refractivity contribution >= 4 is 28.3 Å². The van der Waals surface area contributed by atoms with Crippen LogP contribution in [0, 0.1) is 5.82 Å². The molecule has 1 N–H and O–H groups in total. The molecule has 3 rings (SSSR count). The molecule has 0 aliphatic carbocycles. The summed E-state index contributed by atoms with van der Waals surface area (Å²) in [7, 11) is 0. The fourth-order valence-electron chi connectivity index (χ4n) is 2.05. The predicted molar refractivity (Wildman–Crippen MR) is 74.8 cm³/mol. The molecule has 2 heterocycles. The molecule has 4 nitrogen and oxygen atoms in total. The van der Waals surface area contributed by atoms with Crippen molar-refractivity contribution in [2.75, 3.05) is 5.32 Å². The highest BCUT2D eigenvalue weighted by atomic mass is 32.1. The van der Waals surface area contributed by atoms with E-state index < -0.39 is 0 Å². The van der Waals surface area contributed by atoms with Gasteiger partial charge in [-0.25, -0.2) is 14.4 Å². The molecule has 0 saturated heterocycles. The van der Waals surface area contributed by atoms with Crippen LogP contribution in [-0.2, 0) is 13.1 Å². The Balaban J connectivity index is 1.93. The topological polar surface area (TPSA) is 42.7 Å². The van der Waals surface area contributed by atoms with Crippen molar-refractivity contribution in [3.63, 3.8) is 0 Å². The van der Waals surface area contributed by atoms with E-state index in [9.17, 15) is 4.39 Å². The van der Waals surface area contributed by atoms with Crippen molar-refractivity contribution in [2.45, 2.75) is 20.0 Å². The molecule has 0 spiro atoms. The molecule has 0 aliphatic heterocycles. The second-order valence-electron chi connectivity index (χ2n) is 4.15. The minimum Gasteiger partial charge on any atom is -0.350 e. The lowest BCUT2D eigenvalue weighted by atomic mass is 10.3. The van der Waals surface area contributed by atoms with E-state index in [4.69, 9.17) is 0 Å². The van der Waals surface area contributed by atoms with Gasteiger partial charge in [0.2, 0.25) is 5.95 Å². The molecule has 6 heteroatoms. The number of fused-ring (bicyclic) bond motifs is 1. The van der Waals surface area contributed by atoms with Gasteiger partial charge in [0.1, 0.15) is 5.82 Å². The second-order valence-corrected chi connectivity index (χ2v) is 4.86. The number of aromatic nitrogens is 3. The number of rotatable bonds is 4. The normalized spacial score (nSPS) is 11.1. The molecule has 19 heavy (non-hydrogen) atoms. The molecular weight excluding hydrogens is 263 g/mol. The van der Waals surface area contributed by atoms with E-state index in [1.54, 1.807) is 22.9 Å². The lowest BCUT2D eigenvalue weighted by molar-refractivity contribution is 0.629. The molecule has 0 radical (unpaired) electrons. The predicted octanol–water partition coefficient (Wildman–Crippen LogP) is 3.26. The zero-order chi connectivity index (χ0) is 13.2. The maximum absolute atomic E-state index is 13.2. The molecule has 98 valence electrons. The molecule has 0 aliphatic rings. The summed E-state index contributed by atoms with van der Waals surface area (Å²) in [4.78, 5) is 8.65. The highest BCUT2D eigenvalue weighted by molar-refractivity contribution is 7.07. The molecule has 0 fully saturated rings. The van der Waals surface area contributed by atoms with Gasteiger partial charge >= 0.3 is 0 Å². The second kappa shape index (κ2) is 4.97. The van der Waals surface area contributed by atoms with Crippen molar-refractivity contribution in [1.82, 2.24) is 14.5 Å². The summed E-state index contributed by atoms with van der Waals surface area (Å²) in [5.41, 5.74) is 4.38. The van der Waals surface area contributed by atoms with Crippen LogP contribution in [0.3, 0.4) is 0 Å². The van der Waals surface area contributed by atoms with Crippen LogP contribution in [-0.4, -0.2) is 14.5 Å². The maximum Gasteiger partial charge on any atom is 0.204 e. The fourth-order valence-corrected chi connectivity index (χ4v) is 2.61. The Morgan fingerprint density at radius 1 is 1.42 bits per heavy atom. The van der Waals surface area contributed by atoms with Crippen LogP contribution in [0.2, 0.25) is 0 Å². The first-order valence-corrected chi connectivity index (χ1v) is 6.99. The van der Waals surface area contributed by atoms with E-state index >= 15 is 0 Å². The summed E-state index contributed by atoms with van der Waals surface area (Å²) >= 11 is 1.56. The first-order chi connectivity index (χ1) is 9.28. The number of benzene rings is 1. The number of nitrogens with one attached hydrogen (secondary N) is 1. The Hall–Kier alpha value is -1.95. The number of halogens is 1. The Morgan fingerprint density at radius 3 is 3.05 bits per heavy atom. The smallest absolute Gasteiger partial charge is 0.204 e. The molecular formula is C13H13FN4S. The van der Waals surface area contributed by atoms with Crippen molar-refractivity contribution in [1.29, 1.82) is 0 Å². The summed E-state index contributed by atoms with van der Waals surface area (Å²) in [5, 5.41) is 5.24. The van der Waals surface area contributed by atoms with Gasteiger partial charge < -0.3 is 9.88 Å².